The third-order valence-electron chi connectivity index (χ3n) is 7.54. The first-order valence-corrected chi connectivity index (χ1v) is 15.3. The summed E-state index contributed by atoms with van der Waals surface area (Å²) in [6.07, 6.45) is 5.24. The zero-order chi connectivity index (χ0) is 29.2. The van der Waals surface area contributed by atoms with E-state index in [1.54, 1.807) is 6.07 Å². The molecule has 4 heterocycles. The lowest BCUT2D eigenvalue weighted by molar-refractivity contribution is 0.0949. The normalized spacial score (nSPS) is 20.4. The molecule has 0 bridgehead atoms. The van der Waals surface area contributed by atoms with Gasteiger partial charge in [-0.3, -0.25) is 14.6 Å². The Hall–Kier alpha value is -2.40. The molecule has 222 valence electrons. The van der Waals surface area contributed by atoms with Crippen LogP contribution in [0.25, 0.3) is 0 Å². The monoisotopic (exact) mass is 593 g/mol. The molecular weight excluding hydrogens is 549 g/mol. The molecule has 5 N–H and O–H groups in total. The number of anilines is 3. The van der Waals surface area contributed by atoms with Crippen LogP contribution >= 0.6 is 23.2 Å². The van der Waals surface area contributed by atoms with E-state index in [0.29, 0.717) is 35.4 Å². The number of nitrogens with two attached hydrogens (primary N) is 2. The lowest BCUT2D eigenvalue weighted by Crippen LogP contribution is -2.56. The van der Waals surface area contributed by atoms with Gasteiger partial charge in [-0.2, -0.15) is 0 Å². The van der Waals surface area contributed by atoms with Crippen LogP contribution in [0.4, 0.5) is 17.5 Å². The third kappa shape index (κ3) is 8.09. The van der Waals surface area contributed by atoms with Crippen molar-refractivity contribution in [2.45, 2.75) is 78.4 Å². The lowest BCUT2D eigenvalue weighted by Gasteiger charge is -2.45. The van der Waals surface area contributed by atoms with Gasteiger partial charge in [-0.05, 0) is 51.3 Å². The molecule has 2 aliphatic rings. The lowest BCUT2D eigenvalue weighted by atomic mass is 10.0. The Kier molecular flexibility index (Phi) is 12.5. The fourth-order valence-electron chi connectivity index (χ4n) is 5.50. The quantitative estimate of drug-likeness (QED) is 0.379. The van der Waals surface area contributed by atoms with E-state index in [4.69, 9.17) is 34.7 Å². The summed E-state index contributed by atoms with van der Waals surface area (Å²) in [5.41, 5.74) is 13.3. The fourth-order valence-corrected chi connectivity index (χ4v) is 5.90. The van der Waals surface area contributed by atoms with Crippen LogP contribution in [0.2, 0.25) is 10.3 Å². The summed E-state index contributed by atoms with van der Waals surface area (Å²) in [5, 5.41) is 3.42. The molecule has 2 fully saturated rings. The molecule has 0 spiro atoms. The third-order valence-corrected chi connectivity index (χ3v) is 8.01. The van der Waals surface area contributed by atoms with E-state index in [1.807, 2.05) is 26.8 Å². The number of pyridine rings is 1. The molecule has 2 unspecified atom stereocenters. The number of aromatic nitrogens is 3. The van der Waals surface area contributed by atoms with Crippen molar-refractivity contribution in [2.24, 2.45) is 0 Å². The Morgan fingerprint density at radius 3 is 2.50 bits per heavy atom. The van der Waals surface area contributed by atoms with Crippen LogP contribution in [0.1, 0.15) is 75.9 Å². The molecule has 2 aromatic heterocycles. The molecule has 0 saturated carbocycles. The van der Waals surface area contributed by atoms with Crippen LogP contribution in [0.5, 0.6) is 0 Å². The maximum atomic E-state index is 12.4. The van der Waals surface area contributed by atoms with E-state index in [-0.39, 0.29) is 22.6 Å². The van der Waals surface area contributed by atoms with Crippen molar-refractivity contribution in [3.8, 4) is 0 Å². The zero-order valence-electron chi connectivity index (χ0n) is 24.3. The highest BCUT2D eigenvalue weighted by molar-refractivity contribution is 6.32. The van der Waals surface area contributed by atoms with E-state index >= 15 is 0 Å². The molecule has 10 nitrogen and oxygen atoms in total. The van der Waals surface area contributed by atoms with Crippen molar-refractivity contribution in [2.75, 3.05) is 55.6 Å². The van der Waals surface area contributed by atoms with Crippen molar-refractivity contribution < 1.29 is 4.79 Å². The molecule has 0 aliphatic carbocycles. The van der Waals surface area contributed by atoms with E-state index in [9.17, 15) is 4.79 Å². The average Bonchev–Trinajstić information content (AvgIpc) is 3.20. The van der Waals surface area contributed by atoms with Gasteiger partial charge in [0, 0.05) is 50.4 Å². The summed E-state index contributed by atoms with van der Waals surface area (Å²) >= 11 is 12.5. The van der Waals surface area contributed by atoms with Crippen LogP contribution in [-0.2, 0) is 6.54 Å². The van der Waals surface area contributed by atoms with E-state index in [1.165, 1.54) is 0 Å². The number of piperazine rings is 1. The van der Waals surface area contributed by atoms with Gasteiger partial charge in [0.1, 0.15) is 11.0 Å². The number of likely N-dealkylation sites (tertiary alicyclic amines) is 1. The fraction of sp³-hybridized carbons (Fsp3) is 0.643. The standard InChI is InChI=1S/C26H39Cl2N9O.C2H6/c1-3-10-31-26(38)21-24(30)34-25(22(28)33-21)36-13-14-37(18(4-2)16-36)19-6-5-11-35(12-9-19)15-17-7-8-20(27)32-23(17)29;1-2/h7-8,18-19H,3-6,9-16H2,1-2H3,(H2,29,32)(H2,30,34)(H,31,38);1-2H3. The van der Waals surface area contributed by atoms with Gasteiger partial charge in [0.25, 0.3) is 5.91 Å². The molecule has 2 aliphatic heterocycles. The average molecular weight is 595 g/mol. The van der Waals surface area contributed by atoms with Crippen molar-refractivity contribution in [3.05, 3.63) is 33.7 Å². The first-order valence-electron chi connectivity index (χ1n) is 14.6. The Morgan fingerprint density at radius 1 is 1.02 bits per heavy atom. The summed E-state index contributed by atoms with van der Waals surface area (Å²) in [7, 11) is 0. The van der Waals surface area contributed by atoms with Gasteiger partial charge in [0.2, 0.25) is 0 Å². The molecule has 0 aromatic carbocycles. The van der Waals surface area contributed by atoms with Crippen LogP contribution in [-0.4, -0.2) is 82.0 Å². The van der Waals surface area contributed by atoms with Crippen molar-refractivity contribution in [1.82, 2.24) is 30.1 Å². The number of carbonyl (C=O) groups excluding carboxylic acids is 1. The molecule has 2 atom stereocenters. The number of rotatable bonds is 8. The summed E-state index contributed by atoms with van der Waals surface area (Å²) < 4.78 is 0. The maximum Gasteiger partial charge on any atom is 0.273 e. The van der Waals surface area contributed by atoms with Gasteiger partial charge in [-0.1, -0.05) is 57.0 Å². The predicted molar refractivity (Wildman–Crippen MR) is 165 cm³/mol. The van der Waals surface area contributed by atoms with E-state index in [0.717, 1.165) is 76.9 Å². The first-order chi connectivity index (χ1) is 19.3. The van der Waals surface area contributed by atoms with Crippen LogP contribution in [0.15, 0.2) is 12.1 Å². The number of hydrogen-bond donors (Lipinski definition) is 3. The van der Waals surface area contributed by atoms with Crippen LogP contribution in [0, 0.1) is 0 Å². The van der Waals surface area contributed by atoms with Gasteiger partial charge in [-0.25, -0.2) is 15.0 Å². The second-order valence-electron chi connectivity index (χ2n) is 10.1. The van der Waals surface area contributed by atoms with Crippen molar-refractivity contribution >= 4 is 46.6 Å². The molecule has 12 heteroatoms. The summed E-state index contributed by atoms with van der Waals surface area (Å²) in [6, 6.07) is 4.66. The van der Waals surface area contributed by atoms with Crippen LogP contribution < -0.4 is 21.7 Å². The minimum Gasteiger partial charge on any atom is -0.383 e. The second kappa shape index (κ2) is 15.6. The minimum absolute atomic E-state index is 0.0806. The van der Waals surface area contributed by atoms with Crippen LogP contribution in [0.3, 0.4) is 0 Å². The van der Waals surface area contributed by atoms with Gasteiger partial charge >= 0.3 is 0 Å². The highest BCUT2D eigenvalue weighted by atomic mass is 35.5. The molecule has 4 rings (SSSR count). The van der Waals surface area contributed by atoms with E-state index in [2.05, 4.69) is 41.9 Å². The number of hydrogen-bond acceptors (Lipinski definition) is 9. The summed E-state index contributed by atoms with van der Waals surface area (Å²) in [4.78, 5) is 32.7. The Labute approximate surface area is 248 Å². The highest BCUT2D eigenvalue weighted by Crippen LogP contribution is 2.30. The predicted octanol–water partition coefficient (Wildman–Crippen LogP) is 4.46. The van der Waals surface area contributed by atoms with Gasteiger partial charge < -0.3 is 21.7 Å². The van der Waals surface area contributed by atoms with Gasteiger partial charge in [0.15, 0.2) is 22.5 Å². The summed E-state index contributed by atoms with van der Waals surface area (Å²) in [6.45, 7) is 14.1. The smallest absolute Gasteiger partial charge is 0.273 e. The first kappa shape index (κ1) is 32.1. The Bertz CT molecular complexity index is 1120. The number of nitrogens with one attached hydrogen (secondary N) is 1. The van der Waals surface area contributed by atoms with Gasteiger partial charge in [-0.15, -0.1) is 0 Å². The molecular formula is C28H45Cl2N9O. The number of nitrogens with zero attached hydrogens (tertiary/aromatic N) is 6. The molecule has 2 saturated heterocycles. The molecule has 2 aromatic rings. The maximum absolute atomic E-state index is 12.4. The summed E-state index contributed by atoms with van der Waals surface area (Å²) in [5.74, 6) is 0.820. The Morgan fingerprint density at radius 2 is 1.80 bits per heavy atom. The van der Waals surface area contributed by atoms with E-state index < -0.39 is 0 Å². The largest absolute Gasteiger partial charge is 0.383 e. The van der Waals surface area contributed by atoms with Crippen molar-refractivity contribution in [1.29, 1.82) is 0 Å². The zero-order valence-corrected chi connectivity index (χ0v) is 25.8. The number of nitrogen functional groups attached to an aromatic ring is 2. The molecule has 0 radical (unpaired) electrons. The topological polar surface area (TPSA) is 130 Å². The number of carbonyl (C=O) groups is 1. The number of halogens is 2. The highest BCUT2D eigenvalue weighted by Gasteiger charge is 2.34. The van der Waals surface area contributed by atoms with Crippen molar-refractivity contribution in [3.63, 3.8) is 0 Å². The van der Waals surface area contributed by atoms with Gasteiger partial charge in [0.05, 0.1) is 0 Å². The second-order valence-corrected chi connectivity index (χ2v) is 10.9. The number of amides is 1. The SMILES string of the molecule is CC.CCCNC(=O)c1nc(Cl)c(N2CCN(C3CCCN(Cc4ccc(Cl)nc4N)CC3)C(CC)C2)nc1N. The molecule has 40 heavy (non-hydrogen) atoms. The Balaban J connectivity index is 0.00000216. The molecule has 1 amide bonds. The minimum atomic E-state index is -0.348.